The lowest BCUT2D eigenvalue weighted by Gasteiger charge is -2.04. The fourth-order valence-electron chi connectivity index (χ4n) is 2.17. The van der Waals surface area contributed by atoms with Gasteiger partial charge in [-0.2, -0.15) is 0 Å². The van der Waals surface area contributed by atoms with Crippen LogP contribution in [0.4, 0.5) is 0 Å². The van der Waals surface area contributed by atoms with Crippen molar-refractivity contribution in [3.8, 4) is 5.75 Å². The topological polar surface area (TPSA) is 21.6 Å². The molecular weight excluding hydrogens is 270 g/mol. The first-order valence-corrected chi connectivity index (χ1v) is 8.15. The average Bonchev–Trinajstić information content (AvgIpc) is 2.57. The molecule has 2 heteroatoms. The molecule has 0 saturated carbocycles. The van der Waals surface area contributed by atoms with Gasteiger partial charge in [0.25, 0.3) is 0 Å². The summed E-state index contributed by atoms with van der Waals surface area (Å²) in [7, 11) is 0. The van der Waals surface area contributed by atoms with Crippen molar-refractivity contribution < 1.29 is 4.74 Å². The molecule has 0 aliphatic heterocycles. The summed E-state index contributed by atoms with van der Waals surface area (Å²) in [5, 5.41) is 0. The molecule has 0 aromatic heterocycles. The minimum absolute atomic E-state index is 0.795. The molecule has 0 bridgehead atoms. The summed E-state index contributed by atoms with van der Waals surface area (Å²) in [4.78, 5) is 4.50. The van der Waals surface area contributed by atoms with Crippen LogP contribution in [0.25, 0.3) is 0 Å². The third-order valence-corrected chi connectivity index (χ3v) is 3.48. The van der Waals surface area contributed by atoms with Crippen LogP contribution in [-0.2, 0) is 6.42 Å². The Bertz CT molecular complexity index is 546. The van der Waals surface area contributed by atoms with Crippen LogP contribution in [0.5, 0.6) is 5.75 Å². The zero-order valence-electron chi connectivity index (χ0n) is 13.4. The van der Waals surface area contributed by atoms with Crippen molar-refractivity contribution in [2.24, 2.45) is 4.99 Å². The lowest BCUT2D eigenvalue weighted by atomic mass is 10.1. The van der Waals surface area contributed by atoms with Crippen LogP contribution >= 0.6 is 0 Å². The van der Waals surface area contributed by atoms with Crippen LogP contribution in [0.1, 0.15) is 37.3 Å². The van der Waals surface area contributed by atoms with E-state index in [2.05, 4.69) is 54.4 Å². The summed E-state index contributed by atoms with van der Waals surface area (Å²) >= 11 is 0. The quantitative estimate of drug-likeness (QED) is 0.475. The van der Waals surface area contributed by atoms with Crippen LogP contribution < -0.4 is 4.74 Å². The van der Waals surface area contributed by atoms with Gasteiger partial charge in [0.1, 0.15) is 5.75 Å². The highest BCUT2D eigenvalue weighted by atomic mass is 16.5. The minimum Gasteiger partial charge on any atom is -0.494 e. The Morgan fingerprint density at radius 3 is 2.45 bits per heavy atom. The van der Waals surface area contributed by atoms with E-state index < -0.39 is 0 Å². The van der Waals surface area contributed by atoms with Gasteiger partial charge in [0.2, 0.25) is 0 Å². The van der Waals surface area contributed by atoms with Gasteiger partial charge in [0, 0.05) is 12.8 Å². The fourth-order valence-corrected chi connectivity index (χ4v) is 2.17. The number of hydrogen-bond donors (Lipinski definition) is 0. The minimum atomic E-state index is 0.795. The van der Waals surface area contributed by atoms with Crippen molar-refractivity contribution in [3.05, 3.63) is 65.7 Å². The van der Waals surface area contributed by atoms with Gasteiger partial charge in [-0.3, -0.25) is 4.99 Å². The second kappa shape index (κ2) is 9.78. The van der Waals surface area contributed by atoms with Crippen molar-refractivity contribution in [3.63, 3.8) is 0 Å². The van der Waals surface area contributed by atoms with E-state index >= 15 is 0 Å². The molecule has 0 saturated heterocycles. The van der Waals surface area contributed by atoms with Crippen molar-refractivity contribution in [2.75, 3.05) is 13.2 Å². The number of hydrogen-bond acceptors (Lipinski definition) is 2. The molecular formula is C20H25NO. The van der Waals surface area contributed by atoms with Crippen LogP contribution in [0.2, 0.25) is 0 Å². The molecule has 2 aromatic carbocycles. The summed E-state index contributed by atoms with van der Waals surface area (Å²) in [5.41, 5.74) is 2.51. The largest absolute Gasteiger partial charge is 0.494 e. The SMILES string of the molecule is CCCCOc1ccc(/C=N/CCCc2ccccc2)cc1. The first kappa shape index (κ1) is 16.3. The second-order valence-electron chi connectivity index (χ2n) is 5.40. The van der Waals surface area contributed by atoms with Gasteiger partial charge in [-0.15, -0.1) is 0 Å². The normalized spacial score (nSPS) is 11.0. The van der Waals surface area contributed by atoms with E-state index in [1.165, 1.54) is 5.56 Å². The summed E-state index contributed by atoms with van der Waals surface area (Å²) < 4.78 is 5.65. The number of unbranched alkanes of at least 4 members (excludes halogenated alkanes) is 1. The zero-order chi connectivity index (χ0) is 15.5. The number of benzene rings is 2. The molecule has 116 valence electrons. The van der Waals surface area contributed by atoms with E-state index in [-0.39, 0.29) is 0 Å². The van der Waals surface area contributed by atoms with E-state index in [9.17, 15) is 0 Å². The van der Waals surface area contributed by atoms with Gasteiger partial charge in [0.05, 0.1) is 6.61 Å². The van der Waals surface area contributed by atoms with Crippen molar-refractivity contribution in [1.29, 1.82) is 0 Å². The monoisotopic (exact) mass is 295 g/mol. The maximum absolute atomic E-state index is 5.65. The van der Waals surface area contributed by atoms with E-state index in [0.717, 1.165) is 50.1 Å². The van der Waals surface area contributed by atoms with Gasteiger partial charge in [0.15, 0.2) is 0 Å². The molecule has 0 atom stereocenters. The van der Waals surface area contributed by atoms with Gasteiger partial charge in [-0.05, 0) is 54.7 Å². The lowest BCUT2D eigenvalue weighted by Crippen LogP contribution is -1.96. The zero-order valence-corrected chi connectivity index (χ0v) is 13.4. The van der Waals surface area contributed by atoms with E-state index in [1.54, 1.807) is 0 Å². The van der Waals surface area contributed by atoms with Crippen molar-refractivity contribution in [2.45, 2.75) is 32.6 Å². The number of ether oxygens (including phenoxy) is 1. The number of aliphatic imine (C=N–C) groups is 1. The molecule has 2 aromatic rings. The highest BCUT2D eigenvalue weighted by molar-refractivity contribution is 5.79. The molecule has 0 aliphatic rings. The van der Waals surface area contributed by atoms with Gasteiger partial charge < -0.3 is 4.74 Å². The van der Waals surface area contributed by atoms with Crippen molar-refractivity contribution in [1.82, 2.24) is 0 Å². The predicted molar refractivity (Wildman–Crippen MR) is 94.1 cm³/mol. The first-order valence-electron chi connectivity index (χ1n) is 8.15. The highest BCUT2D eigenvalue weighted by Gasteiger charge is 1.94. The maximum atomic E-state index is 5.65. The third-order valence-electron chi connectivity index (χ3n) is 3.48. The average molecular weight is 295 g/mol. The van der Waals surface area contributed by atoms with Crippen LogP contribution in [0.3, 0.4) is 0 Å². The molecule has 2 nitrogen and oxygen atoms in total. The molecule has 22 heavy (non-hydrogen) atoms. The first-order chi connectivity index (χ1) is 10.9. The molecule has 0 aliphatic carbocycles. The lowest BCUT2D eigenvalue weighted by molar-refractivity contribution is 0.309. The summed E-state index contributed by atoms with van der Waals surface area (Å²) in [5.74, 6) is 0.940. The van der Waals surface area contributed by atoms with E-state index in [0.29, 0.717) is 0 Å². The third kappa shape index (κ3) is 6.13. The standard InChI is InChI=1S/C20H25NO/c1-2-3-16-22-20-13-11-19(12-14-20)17-21-15-7-10-18-8-5-4-6-9-18/h4-6,8-9,11-14,17H,2-3,7,10,15-16H2,1H3/b21-17+. The van der Waals surface area contributed by atoms with Gasteiger partial charge >= 0.3 is 0 Å². The van der Waals surface area contributed by atoms with E-state index in [1.807, 2.05) is 18.3 Å². The van der Waals surface area contributed by atoms with Crippen LogP contribution in [-0.4, -0.2) is 19.4 Å². The molecule has 0 radical (unpaired) electrons. The number of nitrogens with zero attached hydrogens (tertiary/aromatic N) is 1. The molecule has 2 rings (SSSR count). The maximum Gasteiger partial charge on any atom is 0.119 e. The molecule has 0 spiro atoms. The van der Waals surface area contributed by atoms with E-state index in [4.69, 9.17) is 4.74 Å². The number of rotatable bonds is 9. The molecule has 0 N–H and O–H groups in total. The Morgan fingerprint density at radius 1 is 0.955 bits per heavy atom. The second-order valence-corrected chi connectivity index (χ2v) is 5.40. The summed E-state index contributed by atoms with van der Waals surface area (Å²) in [6.07, 6.45) is 6.38. The van der Waals surface area contributed by atoms with Crippen molar-refractivity contribution >= 4 is 6.21 Å². The molecule has 0 unspecified atom stereocenters. The predicted octanol–water partition coefficient (Wildman–Crippen LogP) is 4.92. The van der Waals surface area contributed by atoms with Crippen LogP contribution in [0, 0.1) is 0 Å². The Kier molecular flexibility index (Phi) is 7.24. The Balaban J connectivity index is 1.69. The Morgan fingerprint density at radius 2 is 1.73 bits per heavy atom. The van der Waals surface area contributed by atoms with Gasteiger partial charge in [-0.25, -0.2) is 0 Å². The van der Waals surface area contributed by atoms with Crippen LogP contribution in [0.15, 0.2) is 59.6 Å². The summed E-state index contributed by atoms with van der Waals surface area (Å²) in [6, 6.07) is 18.7. The summed E-state index contributed by atoms with van der Waals surface area (Å²) in [6.45, 7) is 3.83. The highest BCUT2D eigenvalue weighted by Crippen LogP contribution is 2.11. The Labute approximate surface area is 133 Å². The number of aryl methyl sites for hydroxylation is 1. The Hall–Kier alpha value is -2.09. The van der Waals surface area contributed by atoms with Gasteiger partial charge in [-0.1, -0.05) is 43.7 Å². The molecule has 0 heterocycles. The smallest absolute Gasteiger partial charge is 0.119 e. The fraction of sp³-hybridized carbons (Fsp3) is 0.350. The molecule has 0 amide bonds. The molecule has 0 fully saturated rings.